The van der Waals surface area contributed by atoms with E-state index in [1.807, 2.05) is 54.7 Å². The largest absolute Gasteiger partial charge is 0.420 e. The minimum atomic E-state index is -0.408. The van der Waals surface area contributed by atoms with Crippen LogP contribution in [0.25, 0.3) is 22.2 Å². The molecule has 1 aliphatic heterocycles. The maximum atomic E-state index is 9.84. The highest BCUT2D eigenvalue weighted by atomic mass is 35.5. The number of nitrogens with two attached hydrogens (primary N) is 1. The maximum Gasteiger partial charge on any atom is 0.244 e. The molecule has 0 aliphatic carbocycles. The van der Waals surface area contributed by atoms with Crippen molar-refractivity contribution >= 4 is 22.5 Å². The summed E-state index contributed by atoms with van der Waals surface area (Å²) < 4.78 is 5.66. The van der Waals surface area contributed by atoms with Gasteiger partial charge >= 0.3 is 0 Å². The number of hydrogen-bond acceptors (Lipinski definition) is 4. The van der Waals surface area contributed by atoms with Gasteiger partial charge in [0.05, 0.1) is 17.2 Å². The van der Waals surface area contributed by atoms with Gasteiger partial charge in [0.1, 0.15) is 11.6 Å². The lowest BCUT2D eigenvalue weighted by Gasteiger charge is -2.23. The van der Waals surface area contributed by atoms with Gasteiger partial charge in [-0.05, 0) is 23.8 Å². The highest BCUT2D eigenvalue weighted by molar-refractivity contribution is 6.30. The number of rotatable bonds is 2. The predicted octanol–water partition coefficient (Wildman–Crippen LogP) is 4.43. The summed E-state index contributed by atoms with van der Waals surface area (Å²) in [5.74, 6) is 0.0329. The molecule has 0 saturated carbocycles. The van der Waals surface area contributed by atoms with E-state index >= 15 is 0 Å². The van der Waals surface area contributed by atoms with Crippen LogP contribution in [0.1, 0.15) is 17.0 Å². The maximum absolute atomic E-state index is 9.84. The van der Waals surface area contributed by atoms with Crippen molar-refractivity contribution in [3.63, 3.8) is 0 Å². The van der Waals surface area contributed by atoms with Crippen molar-refractivity contribution < 1.29 is 4.74 Å². The molecule has 4 N–H and O–H groups in total. The number of nitriles is 1. The molecule has 4 aromatic rings. The molecule has 3 heterocycles. The van der Waals surface area contributed by atoms with Gasteiger partial charge in [0.2, 0.25) is 11.8 Å². The van der Waals surface area contributed by atoms with Crippen molar-refractivity contribution in [3.8, 4) is 23.2 Å². The number of hydrogen-bond donors (Lipinski definition) is 3. The topological polar surface area (TPSA) is 104 Å². The normalized spacial score (nSPS) is 15.9. The van der Waals surface area contributed by atoms with Crippen LogP contribution in [0, 0.1) is 11.3 Å². The van der Waals surface area contributed by atoms with E-state index in [9.17, 15) is 5.26 Å². The van der Waals surface area contributed by atoms with Gasteiger partial charge < -0.3 is 15.5 Å². The second kappa shape index (κ2) is 6.19. The Morgan fingerprint density at radius 1 is 1.14 bits per heavy atom. The van der Waals surface area contributed by atoms with Crippen LogP contribution in [0.5, 0.6) is 5.88 Å². The molecule has 28 heavy (non-hydrogen) atoms. The lowest BCUT2D eigenvalue weighted by molar-refractivity contribution is 0.379. The number of H-pyrrole nitrogens is 2. The summed E-state index contributed by atoms with van der Waals surface area (Å²) in [5, 5.41) is 18.8. The van der Waals surface area contributed by atoms with Crippen LogP contribution in [-0.2, 0) is 0 Å². The minimum absolute atomic E-state index is 0.0689. The summed E-state index contributed by atoms with van der Waals surface area (Å²) in [5.41, 5.74) is 10.8. The SMILES string of the molecule is N#CC1=C(N)Oc2n[nH]c(-c3ccc(Cl)cc3)c2C1c1c[nH]c2ccccc12. The van der Waals surface area contributed by atoms with Crippen LogP contribution in [0.4, 0.5) is 0 Å². The number of nitrogens with one attached hydrogen (secondary N) is 2. The number of ether oxygens (including phenoxy) is 1. The van der Waals surface area contributed by atoms with Crippen molar-refractivity contribution in [2.45, 2.75) is 5.92 Å². The van der Waals surface area contributed by atoms with Gasteiger partial charge in [-0.2, -0.15) is 5.26 Å². The van der Waals surface area contributed by atoms with E-state index in [1.165, 1.54) is 0 Å². The van der Waals surface area contributed by atoms with Crippen LogP contribution in [-0.4, -0.2) is 15.2 Å². The van der Waals surface area contributed by atoms with Gasteiger partial charge in [-0.25, -0.2) is 0 Å². The third-order valence-electron chi connectivity index (χ3n) is 5.00. The van der Waals surface area contributed by atoms with Gasteiger partial charge in [-0.1, -0.05) is 41.9 Å². The summed E-state index contributed by atoms with van der Waals surface area (Å²) >= 11 is 6.03. The number of fused-ring (bicyclic) bond motifs is 2. The van der Waals surface area contributed by atoms with E-state index in [2.05, 4.69) is 21.3 Å². The fraction of sp³-hybridized carbons (Fsp3) is 0.0476. The smallest absolute Gasteiger partial charge is 0.244 e. The Kier molecular flexibility index (Phi) is 3.64. The van der Waals surface area contributed by atoms with Gasteiger partial charge in [-0.3, -0.25) is 5.10 Å². The van der Waals surface area contributed by atoms with Gasteiger partial charge in [0.15, 0.2) is 0 Å². The zero-order valence-corrected chi connectivity index (χ0v) is 15.3. The molecule has 0 bridgehead atoms. The van der Waals surface area contributed by atoms with Crippen molar-refractivity contribution in [2.75, 3.05) is 0 Å². The Morgan fingerprint density at radius 3 is 2.71 bits per heavy atom. The molecule has 1 aliphatic rings. The van der Waals surface area contributed by atoms with Crippen molar-refractivity contribution in [1.82, 2.24) is 15.2 Å². The van der Waals surface area contributed by atoms with Crippen molar-refractivity contribution in [2.24, 2.45) is 5.73 Å². The highest BCUT2D eigenvalue weighted by Gasteiger charge is 2.36. The van der Waals surface area contributed by atoms with E-state index in [-0.39, 0.29) is 5.88 Å². The van der Waals surface area contributed by atoms with E-state index in [1.54, 1.807) is 0 Å². The molecular formula is C21H14ClN5O. The van der Waals surface area contributed by atoms with E-state index < -0.39 is 5.92 Å². The molecule has 2 aromatic heterocycles. The lowest BCUT2D eigenvalue weighted by Crippen LogP contribution is -2.20. The first kappa shape index (κ1) is 16.5. The molecule has 6 nitrogen and oxygen atoms in total. The van der Waals surface area contributed by atoms with Gasteiger partial charge in [-0.15, -0.1) is 5.10 Å². The van der Waals surface area contributed by atoms with Gasteiger partial charge in [0.25, 0.3) is 0 Å². The van der Waals surface area contributed by atoms with Crippen LogP contribution < -0.4 is 10.5 Å². The lowest BCUT2D eigenvalue weighted by atomic mass is 9.83. The van der Waals surface area contributed by atoms with Crippen molar-refractivity contribution in [3.05, 3.63) is 82.3 Å². The molecule has 0 amide bonds. The van der Waals surface area contributed by atoms with Crippen LogP contribution in [0.15, 0.2) is 66.2 Å². The second-order valence-electron chi connectivity index (χ2n) is 6.54. The monoisotopic (exact) mass is 387 g/mol. The second-order valence-corrected chi connectivity index (χ2v) is 6.98. The quantitative estimate of drug-likeness (QED) is 0.473. The fourth-order valence-corrected chi connectivity index (χ4v) is 3.85. The zero-order chi connectivity index (χ0) is 19.3. The Balaban J connectivity index is 1.78. The number of para-hydroxylation sites is 1. The Morgan fingerprint density at radius 2 is 1.93 bits per heavy atom. The van der Waals surface area contributed by atoms with Gasteiger partial charge in [0, 0.05) is 27.7 Å². The van der Waals surface area contributed by atoms with Crippen molar-refractivity contribution in [1.29, 1.82) is 5.26 Å². The fourth-order valence-electron chi connectivity index (χ4n) is 3.73. The number of aromatic amines is 2. The molecule has 5 rings (SSSR count). The molecule has 0 spiro atoms. The Labute approximate surface area is 165 Å². The first-order valence-corrected chi connectivity index (χ1v) is 9.03. The van der Waals surface area contributed by atoms with E-state index in [0.29, 0.717) is 16.5 Å². The highest BCUT2D eigenvalue weighted by Crippen LogP contribution is 2.47. The molecule has 136 valence electrons. The summed E-state index contributed by atoms with van der Waals surface area (Å²) in [6.07, 6.45) is 1.91. The summed E-state index contributed by atoms with van der Waals surface area (Å²) in [6.45, 7) is 0. The third kappa shape index (κ3) is 2.38. The number of halogens is 1. The molecule has 1 unspecified atom stereocenters. The number of benzene rings is 2. The van der Waals surface area contributed by atoms with Crippen LogP contribution in [0.3, 0.4) is 0 Å². The number of nitrogens with zero attached hydrogens (tertiary/aromatic N) is 2. The number of allylic oxidation sites excluding steroid dienone is 1. The standard InChI is InChI=1S/C21H14ClN5O/c22-12-7-5-11(6-8-12)19-18-17(14(9-23)20(24)28-21(18)27-26-19)15-10-25-16-4-2-1-3-13(15)16/h1-8,10,17,25H,24H2,(H,26,27). The average molecular weight is 388 g/mol. The summed E-state index contributed by atoms with van der Waals surface area (Å²) in [7, 11) is 0. The van der Waals surface area contributed by atoms with Crippen LogP contribution >= 0.6 is 11.6 Å². The molecule has 2 aromatic carbocycles. The van der Waals surface area contributed by atoms with Crippen LogP contribution in [0.2, 0.25) is 5.02 Å². The number of aromatic nitrogens is 3. The first-order valence-electron chi connectivity index (χ1n) is 8.65. The first-order chi connectivity index (χ1) is 13.7. The molecule has 7 heteroatoms. The summed E-state index contributed by atoms with van der Waals surface area (Å²) in [4.78, 5) is 3.27. The predicted molar refractivity (Wildman–Crippen MR) is 107 cm³/mol. The molecule has 1 atom stereocenters. The molecule has 0 saturated heterocycles. The molecular weight excluding hydrogens is 374 g/mol. The average Bonchev–Trinajstić information content (AvgIpc) is 3.32. The Bertz CT molecular complexity index is 1280. The molecule has 0 radical (unpaired) electrons. The summed E-state index contributed by atoms with van der Waals surface area (Å²) in [6, 6.07) is 17.6. The molecule has 0 fully saturated rings. The van der Waals surface area contributed by atoms with E-state index in [4.69, 9.17) is 22.1 Å². The zero-order valence-electron chi connectivity index (χ0n) is 14.5. The Hall–Kier alpha value is -3.69. The van der Waals surface area contributed by atoms with E-state index in [0.717, 1.165) is 33.3 Å². The third-order valence-corrected chi connectivity index (χ3v) is 5.26. The minimum Gasteiger partial charge on any atom is -0.420 e.